The highest BCUT2D eigenvalue weighted by molar-refractivity contribution is 6.02. The lowest BCUT2D eigenvalue weighted by molar-refractivity contribution is 0.0732. The zero-order valence-corrected chi connectivity index (χ0v) is 15.1. The third kappa shape index (κ3) is 2.56. The first-order valence-corrected chi connectivity index (χ1v) is 9.21. The summed E-state index contributed by atoms with van der Waals surface area (Å²) in [4.78, 5) is 18.5. The molecule has 1 amide bonds. The Balaban J connectivity index is 1.53. The van der Waals surface area contributed by atoms with E-state index in [1.165, 1.54) is 22.2 Å². The van der Waals surface area contributed by atoms with Crippen molar-refractivity contribution in [1.82, 2.24) is 9.88 Å². The molecule has 0 aliphatic carbocycles. The van der Waals surface area contributed by atoms with Gasteiger partial charge in [0, 0.05) is 41.7 Å². The Kier molecular flexibility index (Phi) is 3.47. The molecule has 0 saturated carbocycles. The van der Waals surface area contributed by atoms with Gasteiger partial charge in [0.05, 0.1) is 5.56 Å². The first kappa shape index (κ1) is 15.9. The van der Waals surface area contributed by atoms with Crippen LogP contribution in [0.4, 0.5) is 0 Å². The van der Waals surface area contributed by atoms with Crippen LogP contribution in [0.1, 0.15) is 27.2 Å². The van der Waals surface area contributed by atoms with Gasteiger partial charge in [-0.15, -0.1) is 0 Å². The zero-order chi connectivity index (χ0) is 18.5. The lowest BCUT2D eigenvalue weighted by atomic mass is 10.0. The van der Waals surface area contributed by atoms with Crippen LogP contribution < -0.4 is 0 Å². The summed E-state index contributed by atoms with van der Waals surface area (Å²) in [5.41, 5.74) is 5.09. The predicted octanol–water partition coefficient (Wildman–Crippen LogP) is 4.53. The van der Waals surface area contributed by atoms with Gasteiger partial charge in [-0.2, -0.15) is 0 Å². The zero-order valence-electron chi connectivity index (χ0n) is 15.1. The number of aromatic nitrogens is 1. The van der Waals surface area contributed by atoms with Crippen molar-refractivity contribution in [3.8, 4) is 5.75 Å². The van der Waals surface area contributed by atoms with Crippen LogP contribution >= 0.6 is 0 Å². The normalized spacial score (nSPS) is 13.9. The lowest BCUT2D eigenvalue weighted by Crippen LogP contribution is -2.35. The van der Waals surface area contributed by atoms with E-state index in [2.05, 4.69) is 30.1 Å². The number of phenols is 1. The Morgan fingerprint density at radius 1 is 1.07 bits per heavy atom. The summed E-state index contributed by atoms with van der Waals surface area (Å²) < 4.78 is 0. The van der Waals surface area contributed by atoms with Gasteiger partial charge in [-0.05, 0) is 42.0 Å². The fourth-order valence-electron chi connectivity index (χ4n) is 4.07. The van der Waals surface area contributed by atoms with Gasteiger partial charge in [-0.1, -0.05) is 35.9 Å². The minimum Gasteiger partial charge on any atom is -0.507 e. The minimum absolute atomic E-state index is 0.0410. The first-order valence-electron chi connectivity index (χ1n) is 9.21. The number of hydrogen-bond acceptors (Lipinski definition) is 2. The molecule has 134 valence electrons. The molecule has 0 atom stereocenters. The Bertz CT molecular complexity index is 1210. The molecule has 0 spiro atoms. The van der Waals surface area contributed by atoms with Crippen LogP contribution in [0.5, 0.6) is 5.75 Å². The van der Waals surface area contributed by atoms with Crippen LogP contribution in [0.15, 0.2) is 54.6 Å². The van der Waals surface area contributed by atoms with Gasteiger partial charge < -0.3 is 15.0 Å². The molecule has 1 aromatic heterocycles. The molecular weight excluding hydrogens is 336 g/mol. The summed E-state index contributed by atoms with van der Waals surface area (Å²) in [7, 11) is 0. The van der Waals surface area contributed by atoms with Crippen molar-refractivity contribution in [2.45, 2.75) is 19.9 Å². The van der Waals surface area contributed by atoms with Gasteiger partial charge in [-0.3, -0.25) is 4.79 Å². The molecule has 27 heavy (non-hydrogen) atoms. The van der Waals surface area contributed by atoms with Crippen molar-refractivity contribution in [2.75, 3.05) is 6.54 Å². The number of nitrogens with one attached hydrogen (secondary N) is 1. The molecule has 2 N–H and O–H groups in total. The highest BCUT2D eigenvalue weighted by Crippen LogP contribution is 2.31. The van der Waals surface area contributed by atoms with E-state index in [-0.39, 0.29) is 11.7 Å². The van der Waals surface area contributed by atoms with E-state index >= 15 is 0 Å². The van der Waals surface area contributed by atoms with Gasteiger partial charge in [0.15, 0.2) is 0 Å². The second kappa shape index (κ2) is 5.88. The largest absolute Gasteiger partial charge is 0.507 e. The molecule has 0 unspecified atom stereocenters. The molecule has 4 heteroatoms. The number of carbonyl (C=O) groups excluding carboxylic acids is 1. The Labute approximate surface area is 157 Å². The van der Waals surface area contributed by atoms with E-state index in [0.29, 0.717) is 18.7 Å². The summed E-state index contributed by atoms with van der Waals surface area (Å²) >= 11 is 0. The van der Waals surface area contributed by atoms with Gasteiger partial charge in [0.1, 0.15) is 5.75 Å². The molecule has 3 aromatic carbocycles. The molecule has 2 heterocycles. The second-order valence-corrected chi connectivity index (χ2v) is 7.32. The van der Waals surface area contributed by atoms with E-state index in [1.807, 2.05) is 29.2 Å². The van der Waals surface area contributed by atoms with Crippen LogP contribution in [-0.4, -0.2) is 27.4 Å². The molecule has 5 rings (SSSR count). The maximum Gasteiger partial charge on any atom is 0.257 e. The van der Waals surface area contributed by atoms with Crippen molar-refractivity contribution < 1.29 is 9.90 Å². The van der Waals surface area contributed by atoms with Crippen LogP contribution in [-0.2, 0) is 13.0 Å². The van der Waals surface area contributed by atoms with Crippen molar-refractivity contribution >= 4 is 27.6 Å². The minimum atomic E-state index is -0.120. The monoisotopic (exact) mass is 356 g/mol. The number of H-pyrrole nitrogens is 1. The van der Waals surface area contributed by atoms with E-state index < -0.39 is 0 Å². The van der Waals surface area contributed by atoms with Crippen molar-refractivity contribution in [1.29, 1.82) is 0 Å². The number of benzene rings is 3. The van der Waals surface area contributed by atoms with Gasteiger partial charge in [-0.25, -0.2) is 0 Å². The number of aryl methyl sites for hydroxylation is 1. The fourth-order valence-corrected chi connectivity index (χ4v) is 4.07. The fraction of sp³-hybridized carbons (Fsp3) is 0.174. The molecule has 4 aromatic rings. The van der Waals surface area contributed by atoms with E-state index in [1.54, 1.807) is 12.1 Å². The molecular formula is C23H20N2O2. The number of carbonyl (C=O) groups is 1. The maximum atomic E-state index is 13.2. The van der Waals surface area contributed by atoms with Gasteiger partial charge >= 0.3 is 0 Å². The number of aromatic hydroxyl groups is 1. The molecule has 1 aliphatic rings. The summed E-state index contributed by atoms with van der Waals surface area (Å²) in [6, 6.07) is 17.6. The number of phenolic OH excluding ortho intramolecular Hbond substituents is 1. The molecule has 0 radical (unpaired) electrons. The van der Waals surface area contributed by atoms with Gasteiger partial charge in [0.25, 0.3) is 5.91 Å². The molecule has 0 bridgehead atoms. The lowest BCUT2D eigenvalue weighted by Gasteiger charge is -2.27. The first-order chi connectivity index (χ1) is 13.1. The molecule has 4 nitrogen and oxygen atoms in total. The highest BCUT2D eigenvalue weighted by Gasteiger charge is 2.26. The van der Waals surface area contributed by atoms with Crippen LogP contribution in [0.25, 0.3) is 21.7 Å². The van der Waals surface area contributed by atoms with Crippen LogP contribution in [0.3, 0.4) is 0 Å². The SMILES string of the molecule is Cc1ccc2[nH]c3c(c2c1)CN(C(=O)c1cc2ccccc2cc1O)CC3. The van der Waals surface area contributed by atoms with E-state index in [0.717, 1.165) is 22.7 Å². The van der Waals surface area contributed by atoms with E-state index in [4.69, 9.17) is 0 Å². The van der Waals surface area contributed by atoms with Crippen LogP contribution in [0, 0.1) is 6.92 Å². The second-order valence-electron chi connectivity index (χ2n) is 7.32. The van der Waals surface area contributed by atoms with Crippen molar-refractivity contribution in [3.63, 3.8) is 0 Å². The van der Waals surface area contributed by atoms with Crippen molar-refractivity contribution in [3.05, 3.63) is 77.0 Å². The number of aromatic amines is 1. The van der Waals surface area contributed by atoms with Crippen LogP contribution in [0.2, 0.25) is 0 Å². The smallest absolute Gasteiger partial charge is 0.257 e. The Morgan fingerprint density at radius 2 is 1.85 bits per heavy atom. The Hall–Kier alpha value is -3.27. The standard InChI is InChI=1S/C23H20N2O2/c1-14-6-7-20-17(10-14)19-13-25(9-8-21(19)24-20)23(27)18-11-15-4-2-3-5-16(15)12-22(18)26/h2-7,10-12,24,26H,8-9,13H2,1H3. The summed E-state index contributed by atoms with van der Waals surface area (Å²) in [5.74, 6) is -0.0785. The molecule has 0 saturated heterocycles. The molecule has 0 fully saturated rings. The third-order valence-electron chi connectivity index (χ3n) is 5.51. The quantitative estimate of drug-likeness (QED) is 0.526. The van der Waals surface area contributed by atoms with Crippen molar-refractivity contribution in [2.24, 2.45) is 0 Å². The maximum absolute atomic E-state index is 13.2. The number of nitrogens with zero attached hydrogens (tertiary/aromatic N) is 1. The number of hydrogen-bond donors (Lipinski definition) is 2. The molecule has 1 aliphatic heterocycles. The summed E-state index contributed by atoms with van der Waals surface area (Å²) in [6.45, 7) is 3.28. The third-order valence-corrected chi connectivity index (χ3v) is 5.51. The number of fused-ring (bicyclic) bond motifs is 4. The number of rotatable bonds is 1. The van der Waals surface area contributed by atoms with E-state index in [9.17, 15) is 9.90 Å². The Morgan fingerprint density at radius 3 is 2.67 bits per heavy atom. The summed E-state index contributed by atoms with van der Waals surface area (Å²) in [6.07, 6.45) is 0.795. The predicted molar refractivity (Wildman–Crippen MR) is 107 cm³/mol. The number of amides is 1. The average molecular weight is 356 g/mol. The topological polar surface area (TPSA) is 56.3 Å². The summed E-state index contributed by atoms with van der Waals surface area (Å²) in [5, 5.41) is 13.5. The van der Waals surface area contributed by atoms with Gasteiger partial charge in [0.2, 0.25) is 0 Å². The average Bonchev–Trinajstić information content (AvgIpc) is 3.04. The highest BCUT2D eigenvalue weighted by atomic mass is 16.3.